The largest absolute Gasteiger partial charge is 0.389 e. The molecule has 104 valence electrons. The molecule has 0 spiro atoms. The van der Waals surface area contributed by atoms with Crippen LogP contribution in [0.3, 0.4) is 0 Å². The number of aromatic nitrogens is 1. The van der Waals surface area contributed by atoms with Gasteiger partial charge in [-0.15, -0.1) is 11.3 Å². The van der Waals surface area contributed by atoms with Gasteiger partial charge in [-0.25, -0.2) is 4.98 Å². The molecule has 0 atom stereocenters. The lowest BCUT2D eigenvalue weighted by Crippen LogP contribution is -2.11. The van der Waals surface area contributed by atoms with Crippen LogP contribution in [0.25, 0.3) is 0 Å². The summed E-state index contributed by atoms with van der Waals surface area (Å²) in [6.07, 6.45) is -3.09. The lowest BCUT2D eigenvalue weighted by Gasteiger charge is -2.02. The Morgan fingerprint density at radius 1 is 1.22 bits per heavy atom. The van der Waals surface area contributed by atoms with Crippen molar-refractivity contribution in [2.75, 3.05) is 6.54 Å². The maximum absolute atomic E-state index is 12.2. The van der Waals surface area contributed by atoms with Gasteiger partial charge >= 0.3 is 6.18 Å². The van der Waals surface area contributed by atoms with E-state index < -0.39 is 12.6 Å². The second-order valence-electron chi connectivity index (χ2n) is 4.12. The van der Waals surface area contributed by atoms with Crippen molar-refractivity contribution < 1.29 is 13.2 Å². The van der Waals surface area contributed by atoms with Gasteiger partial charge in [0.1, 0.15) is 0 Å². The number of hydrogen-bond donors (Lipinski definition) is 1. The van der Waals surface area contributed by atoms with Crippen molar-refractivity contribution in [3.63, 3.8) is 0 Å². The van der Waals surface area contributed by atoms with E-state index in [1.54, 1.807) is 0 Å². The molecule has 0 aliphatic rings. The molecule has 0 aromatic carbocycles. The van der Waals surface area contributed by atoms with Gasteiger partial charge in [0.15, 0.2) is 0 Å². The summed E-state index contributed by atoms with van der Waals surface area (Å²) < 4.78 is 36.5. The molecule has 1 rings (SSSR count). The standard InChI is InChI=1S/C12H19F3N2S/c1-3-5-9-10(8-16-4-2)18-11(17-9)6-7-12(13,14)15/h16H,3-8H2,1-2H3. The van der Waals surface area contributed by atoms with Gasteiger partial charge in [-0.1, -0.05) is 20.3 Å². The molecule has 0 aliphatic heterocycles. The van der Waals surface area contributed by atoms with E-state index in [1.807, 2.05) is 13.8 Å². The summed E-state index contributed by atoms with van der Waals surface area (Å²) in [7, 11) is 0. The third-order valence-electron chi connectivity index (χ3n) is 2.47. The maximum atomic E-state index is 12.2. The zero-order valence-electron chi connectivity index (χ0n) is 10.7. The van der Waals surface area contributed by atoms with Crippen LogP contribution in [0.1, 0.15) is 42.3 Å². The highest BCUT2D eigenvalue weighted by Gasteiger charge is 2.27. The fourth-order valence-electron chi connectivity index (χ4n) is 1.60. The fraction of sp³-hybridized carbons (Fsp3) is 0.750. The Labute approximate surface area is 110 Å². The Balaban J connectivity index is 2.68. The zero-order chi connectivity index (χ0) is 13.6. The third kappa shape index (κ3) is 5.35. The van der Waals surface area contributed by atoms with Crippen molar-refractivity contribution in [1.29, 1.82) is 0 Å². The molecule has 0 aliphatic carbocycles. The van der Waals surface area contributed by atoms with Crippen LogP contribution in [-0.2, 0) is 19.4 Å². The number of alkyl halides is 3. The molecule has 1 N–H and O–H groups in total. The van der Waals surface area contributed by atoms with Crippen LogP contribution in [0.2, 0.25) is 0 Å². The quantitative estimate of drug-likeness (QED) is 0.823. The van der Waals surface area contributed by atoms with Crippen LogP contribution in [0.15, 0.2) is 0 Å². The minimum Gasteiger partial charge on any atom is -0.312 e. The van der Waals surface area contributed by atoms with Crippen molar-refractivity contribution in [1.82, 2.24) is 10.3 Å². The van der Waals surface area contributed by atoms with E-state index in [0.29, 0.717) is 11.6 Å². The van der Waals surface area contributed by atoms with Crippen molar-refractivity contribution in [2.24, 2.45) is 0 Å². The first kappa shape index (κ1) is 15.4. The van der Waals surface area contributed by atoms with Gasteiger partial charge in [-0.3, -0.25) is 0 Å². The molecule has 1 aromatic rings. The molecule has 0 saturated carbocycles. The highest BCUT2D eigenvalue weighted by Crippen LogP contribution is 2.26. The fourth-order valence-corrected chi connectivity index (χ4v) is 2.69. The monoisotopic (exact) mass is 280 g/mol. The third-order valence-corrected chi connectivity index (χ3v) is 3.62. The summed E-state index contributed by atoms with van der Waals surface area (Å²) >= 11 is 1.41. The molecular formula is C12H19F3N2S. The second-order valence-corrected chi connectivity index (χ2v) is 5.29. The minimum absolute atomic E-state index is 0.00297. The maximum Gasteiger partial charge on any atom is 0.389 e. The van der Waals surface area contributed by atoms with Crippen LogP contribution in [0.4, 0.5) is 13.2 Å². The molecule has 0 bridgehead atoms. The first-order chi connectivity index (χ1) is 8.46. The molecule has 0 amide bonds. The molecule has 1 aromatic heterocycles. The van der Waals surface area contributed by atoms with E-state index >= 15 is 0 Å². The smallest absolute Gasteiger partial charge is 0.312 e. The Kier molecular flexibility index (Phi) is 6.08. The number of halogens is 3. The lowest BCUT2D eigenvalue weighted by molar-refractivity contribution is -0.134. The zero-order valence-corrected chi connectivity index (χ0v) is 11.5. The number of nitrogens with one attached hydrogen (secondary N) is 1. The van der Waals surface area contributed by atoms with E-state index in [2.05, 4.69) is 10.3 Å². The van der Waals surface area contributed by atoms with Gasteiger partial charge in [-0.2, -0.15) is 13.2 Å². The van der Waals surface area contributed by atoms with Crippen molar-refractivity contribution in [3.05, 3.63) is 15.6 Å². The highest BCUT2D eigenvalue weighted by molar-refractivity contribution is 7.11. The highest BCUT2D eigenvalue weighted by atomic mass is 32.1. The van der Waals surface area contributed by atoms with Gasteiger partial charge in [0.25, 0.3) is 0 Å². The van der Waals surface area contributed by atoms with E-state index in [0.717, 1.165) is 30.0 Å². The average molecular weight is 280 g/mol. The predicted octanol–water partition coefficient (Wildman–Crippen LogP) is 3.70. The van der Waals surface area contributed by atoms with Crippen LogP contribution < -0.4 is 5.32 Å². The topological polar surface area (TPSA) is 24.9 Å². The number of thiazole rings is 1. The summed E-state index contributed by atoms with van der Waals surface area (Å²) in [5.41, 5.74) is 0.959. The Bertz CT molecular complexity index is 361. The number of nitrogens with zero attached hydrogens (tertiary/aromatic N) is 1. The molecule has 18 heavy (non-hydrogen) atoms. The summed E-state index contributed by atoms with van der Waals surface area (Å²) in [6, 6.07) is 0. The van der Waals surface area contributed by atoms with E-state index in [4.69, 9.17) is 0 Å². The van der Waals surface area contributed by atoms with Gasteiger partial charge in [0.2, 0.25) is 0 Å². The van der Waals surface area contributed by atoms with E-state index in [-0.39, 0.29) is 6.42 Å². The second kappa shape index (κ2) is 7.09. The Hall–Kier alpha value is -0.620. The van der Waals surface area contributed by atoms with E-state index in [1.165, 1.54) is 11.3 Å². The molecule has 2 nitrogen and oxygen atoms in total. The van der Waals surface area contributed by atoms with Crippen LogP contribution >= 0.6 is 11.3 Å². The van der Waals surface area contributed by atoms with E-state index in [9.17, 15) is 13.2 Å². The lowest BCUT2D eigenvalue weighted by atomic mass is 10.2. The van der Waals surface area contributed by atoms with Gasteiger partial charge in [0.05, 0.1) is 10.7 Å². The van der Waals surface area contributed by atoms with Crippen LogP contribution in [-0.4, -0.2) is 17.7 Å². The van der Waals surface area contributed by atoms with Crippen LogP contribution in [0.5, 0.6) is 0 Å². The summed E-state index contributed by atoms with van der Waals surface area (Å²) in [5, 5.41) is 3.80. The molecule has 0 unspecified atom stereocenters. The van der Waals surface area contributed by atoms with Crippen molar-refractivity contribution in [3.8, 4) is 0 Å². The first-order valence-electron chi connectivity index (χ1n) is 6.21. The van der Waals surface area contributed by atoms with Crippen LogP contribution in [0, 0.1) is 0 Å². The summed E-state index contributed by atoms with van der Waals surface area (Å²) in [4.78, 5) is 5.41. The van der Waals surface area contributed by atoms with Crippen molar-refractivity contribution >= 4 is 11.3 Å². The van der Waals surface area contributed by atoms with Gasteiger partial charge in [0, 0.05) is 24.3 Å². The number of rotatable bonds is 7. The molecule has 0 saturated heterocycles. The SMILES string of the molecule is CCCc1nc(CCC(F)(F)F)sc1CNCC. The van der Waals surface area contributed by atoms with Gasteiger partial charge in [-0.05, 0) is 13.0 Å². The predicted molar refractivity (Wildman–Crippen MR) is 67.9 cm³/mol. The number of hydrogen-bond acceptors (Lipinski definition) is 3. The first-order valence-corrected chi connectivity index (χ1v) is 7.02. The summed E-state index contributed by atoms with van der Waals surface area (Å²) in [5.74, 6) is 0. The normalized spacial score (nSPS) is 12.1. The van der Waals surface area contributed by atoms with Crippen molar-refractivity contribution in [2.45, 2.75) is 52.3 Å². The minimum atomic E-state index is -4.10. The molecule has 0 radical (unpaired) electrons. The molecule has 6 heteroatoms. The summed E-state index contributed by atoms with van der Waals surface area (Å²) in [6.45, 7) is 5.60. The average Bonchev–Trinajstić information content (AvgIpc) is 2.66. The Morgan fingerprint density at radius 3 is 2.50 bits per heavy atom. The molecule has 0 fully saturated rings. The number of aryl methyl sites for hydroxylation is 2. The molecule has 1 heterocycles. The Morgan fingerprint density at radius 2 is 1.94 bits per heavy atom. The molecular weight excluding hydrogens is 261 g/mol. The van der Waals surface area contributed by atoms with Gasteiger partial charge < -0.3 is 5.32 Å².